The van der Waals surface area contributed by atoms with Crippen LogP contribution < -0.4 is 5.32 Å². The van der Waals surface area contributed by atoms with Crippen LogP contribution >= 0.6 is 22.7 Å². The summed E-state index contributed by atoms with van der Waals surface area (Å²) in [6, 6.07) is 14.1. The summed E-state index contributed by atoms with van der Waals surface area (Å²) in [5.41, 5.74) is 2.13. The van der Waals surface area contributed by atoms with Gasteiger partial charge >= 0.3 is 0 Å². The number of carbonyl (C=O) groups excluding carboxylic acids is 2. The number of hydrogen-bond acceptors (Lipinski definition) is 5. The van der Waals surface area contributed by atoms with E-state index in [1.807, 2.05) is 40.6 Å². The molecule has 5 nitrogen and oxygen atoms in total. The maximum absolute atomic E-state index is 12.5. The van der Waals surface area contributed by atoms with Crippen LogP contribution in [0.4, 0.5) is 0 Å². The number of carbonyl (C=O) groups is 2. The molecule has 0 spiro atoms. The predicted octanol–water partition coefficient (Wildman–Crippen LogP) is 4.01. The van der Waals surface area contributed by atoms with E-state index in [1.165, 1.54) is 0 Å². The van der Waals surface area contributed by atoms with Gasteiger partial charge in [-0.3, -0.25) is 9.59 Å². The normalized spacial score (nSPS) is 14.6. The number of thiophene rings is 1. The van der Waals surface area contributed by atoms with Crippen molar-refractivity contribution < 1.29 is 9.59 Å². The number of rotatable bonds is 7. The Morgan fingerprint density at radius 1 is 1.07 bits per heavy atom. The molecule has 1 aliphatic rings. The largest absolute Gasteiger partial charge is 0.355 e. The lowest BCUT2D eigenvalue weighted by atomic mass is 9.95. The minimum Gasteiger partial charge on any atom is -0.355 e. The van der Waals surface area contributed by atoms with E-state index >= 15 is 0 Å². The third kappa shape index (κ3) is 5.34. The number of thiazole rings is 1. The van der Waals surface area contributed by atoms with E-state index in [0.29, 0.717) is 26.1 Å². The van der Waals surface area contributed by atoms with Gasteiger partial charge in [-0.25, -0.2) is 4.98 Å². The molecule has 0 saturated carbocycles. The van der Waals surface area contributed by atoms with Gasteiger partial charge in [0, 0.05) is 47.8 Å². The maximum atomic E-state index is 12.5. The molecule has 156 valence electrons. The molecular formula is C23H25N3O2S2. The van der Waals surface area contributed by atoms with E-state index in [-0.39, 0.29) is 17.7 Å². The van der Waals surface area contributed by atoms with Crippen LogP contribution in [0.1, 0.15) is 23.4 Å². The summed E-state index contributed by atoms with van der Waals surface area (Å²) in [6.07, 6.45) is 2.66. The zero-order valence-corrected chi connectivity index (χ0v) is 18.4. The number of hydrogen-bond donors (Lipinski definition) is 1. The van der Waals surface area contributed by atoms with Crippen molar-refractivity contribution in [3.8, 4) is 10.6 Å². The third-order valence-corrected chi connectivity index (χ3v) is 7.19. The molecule has 2 amide bonds. The van der Waals surface area contributed by atoms with Gasteiger partial charge in [0.05, 0.1) is 12.1 Å². The number of aromatic nitrogens is 1. The summed E-state index contributed by atoms with van der Waals surface area (Å²) in [4.78, 5) is 32.6. The first-order valence-corrected chi connectivity index (χ1v) is 12.0. The SMILES string of the molecule is O=C(NCCc1csc(-c2ccccc2)n1)C1CCN(C(=O)Cc2cccs2)CC1. The van der Waals surface area contributed by atoms with Crippen molar-refractivity contribution in [1.82, 2.24) is 15.2 Å². The first kappa shape index (κ1) is 20.8. The Labute approximate surface area is 184 Å². The fourth-order valence-electron chi connectivity index (χ4n) is 3.66. The lowest BCUT2D eigenvalue weighted by Gasteiger charge is -2.31. The van der Waals surface area contributed by atoms with Crippen LogP contribution in [-0.2, 0) is 22.4 Å². The lowest BCUT2D eigenvalue weighted by Crippen LogP contribution is -2.43. The molecular weight excluding hydrogens is 414 g/mol. The molecule has 0 atom stereocenters. The fraction of sp³-hybridized carbons (Fsp3) is 0.348. The Hall–Kier alpha value is -2.51. The van der Waals surface area contributed by atoms with Gasteiger partial charge < -0.3 is 10.2 Å². The van der Waals surface area contributed by atoms with Crippen molar-refractivity contribution in [2.75, 3.05) is 19.6 Å². The van der Waals surface area contributed by atoms with Gasteiger partial charge in [0.1, 0.15) is 5.01 Å². The summed E-state index contributed by atoms with van der Waals surface area (Å²) in [5.74, 6) is 0.249. The summed E-state index contributed by atoms with van der Waals surface area (Å²) >= 11 is 3.25. The van der Waals surface area contributed by atoms with E-state index in [2.05, 4.69) is 27.8 Å². The smallest absolute Gasteiger partial charge is 0.227 e. The van der Waals surface area contributed by atoms with Crippen LogP contribution in [0.2, 0.25) is 0 Å². The second-order valence-electron chi connectivity index (χ2n) is 7.46. The summed E-state index contributed by atoms with van der Waals surface area (Å²) in [7, 11) is 0. The van der Waals surface area contributed by atoms with Gasteiger partial charge in [0.2, 0.25) is 11.8 Å². The van der Waals surface area contributed by atoms with Crippen LogP contribution in [0, 0.1) is 5.92 Å². The van der Waals surface area contributed by atoms with Crippen LogP contribution in [0.5, 0.6) is 0 Å². The molecule has 0 bridgehead atoms. The summed E-state index contributed by atoms with van der Waals surface area (Å²) < 4.78 is 0. The summed E-state index contributed by atoms with van der Waals surface area (Å²) in [5, 5.41) is 8.12. The zero-order valence-electron chi connectivity index (χ0n) is 16.8. The molecule has 1 aliphatic heterocycles. The van der Waals surface area contributed by atoms with Crippen LogP contribution in [0.25, 0.3) is 10.6 Å². The highest BCUT2D eigenvalue weighted by molar-refractivity contribution is 7.13. The average molecular weight is 440 g/mol. The van der Waals surface area contributed by atoms with Gasteiger partial charge in [-0.15, -0.1) is 22.7 Å². The number of likely N-dealkylation sites (tertiary alicyclic amines) is 1. The third-order valence-electron chi connectivity index (χ3n) is 5.38. The second kappa shape index (κ2) is 10.00. The van der Waals surface area contributed by atoms with Crippen molar-refractivity contribution >= 4 is 34.5 Å². The van der Waals surface area contributed by atoms with Crippen LogP contribution in [0.3, 0.4) is 0 Å². The van der Waals surface area contributed by atoms with Crippen molar-refractivity contribution in [2.24, 2.45) is 5.92 Å². The number of amides is 2. The van der Waals surface area contributed by atoms with Crippen molar-refractivity contribution in [3.05, 3.63) is 63.8 Å². The number of piperidine rings is 1. The Bertz CT molecular complexity index is 962. The molecule has 1 fully saturated rings. The van der Waals surface area contributed by atoms with Crippen molar-refractivity contribution in [1.29, 1.82) is 0 Å². The van der Waals surface area contributed by atoms with E-state index < -0.39 is 0 Å². The number of nitrogens with zero attached hydrogens (tertiary/aromatic N) is 2. The zero-order chi connectivity index (χ0) is 20.8. The molecule has 2 aromatic heterocycles. The van der Waals surface area contributed by atoms with Gasteiger partial charge in [0.25, 0.3) is 0 Å². The number of benzene rings is 1. The molecule has 30 heavy (non-hydrogen) atoms. The summed E-state index contributed by atoms with van der Waals surface area (Å²) in [6.45, 7) is 1.91. The highest BCUT2D eigenvalue weighted by atomic mass is 32.1. The first-order chi connectivity index (χ1) is 14.7. The molecule has 3 heterocycles. The highest BCUT2D eigenvalue weighted by Crippen LogP contribution is 2.23. The topological polar surface area (TPSA) is 62.3 Å². The second-order valence-corrected chi connectivity index (χ2v) is 9.35. The van der Waals surface area contributed by atoms with E-state index in [1.54, 1.807) is 22.7 Å². The predicted molar refractivity (Wildman–Crippen MR) is 122 cm³/mol. The van der Waals surface area contributed by atoms with Gasteiger partial charge in [-0.1, -0.05) is 36.4 Å². The first-order valence-electron chi connectivity index (χ1n) is 10.3. The quantitative estimate of drug-likeness (QED) is 0.605. The molecule has 3 aromatic rings. The van der Waals surface area contributed by atoms with E-state index in [4.69, 9.17) is 0 Å². The Kier molecular flexibility index (Phi) is 6.92. The maximum Gasteiger partial charge on any atom is 0.227 e. The molecule has 7 heteroatoms. The van der Waals surface area contributed by atoms with Crippen LogP contribution in [-0.4, -0.2) is 41.3 Å². The fourth-order valence-corrected chi connectivity index (χ4v) is 5.21. The molecule has 1 N–H and O–H groups in total. The van der Waals surface area contributed by atoms with Crippen molar-refractivity contribution in [2.45, 2.75) is 25.7 Å². The Balaban J connectivity index is 1.18. The van der Waals surface area contributed by atoms with Crippen molar-refractivity contribution in [3.63, 3.8) is 0 Å². The monoisotopic (exact) mass is 439 g/mol. The van der Waals surface area contributed by atoms with E-state index in [0.717, 1.165) is 40.4 Å². The molecule has 0 radical (unpaired) electrons. The Morgan fingerprint density at radius 2 is 1.87 bits per heavy atom. The van der Waals surface area contributed by atoms with Gasteiger partial charge in [0.15, 0.2) is 0 Å². The van der Waals surface area contributed by atoms with Gasteiger partial charge in [-0.2, -0.15) is 0 Å². The number of nitrogens with one attached hydrogen (secondary N) is 1. The molecule has 1 aromatic carbocycles. The molecule has 1 saturated heterocycles. The average Bonchev–Trinajstić information content (AvgIpc) is 3.47. The lowest BCUT2D eigenvalue weighted by molar-refractivity contribution is -0.135. The van der Waals surface area contributed by atoms with Gasteiger partial charge in [-0.05, 0) is 24.3 Å². The van der Waals surface area contributed by atoms with Crippen LogP contribution in [0.15, 0.2) is 53.2 Å². The molecule has 0 aliphatic carbocycles. The minimum atomic E-state index is -0.00824. The van der Waals surface area contributed by atoms with E-state index in [9.17, 15) is 9.59 Å². The minimum absolute atomic E-state index is 0.00824. The highest BCUT2D eigenvalue weighted by Gasteiger charge is 2.27. The standard InChI is InChI=1S/C23H25N3O2S2/c27-21(15-20-7-4-14-29-20)26-12-9-17(10-13-26)22(28)24-11-8-19-16-30-23(25-19)18-5-2-1-3-6-18/h1-7,14,16-17H,8-13,15H2,(H,24,28). The molecule has 0 unspecified atom stereocenters. The molecule has 4 rings (SSSR count). The Morgan fingerprint density at radius 3 is 2.60 bits per heavy atom.